The number of amides is 1. The van der Waals surface area contributed by atoms with Gasteiger partial charge >= 0.3 is 5.97 Å². The molecule has 0 bridgehead atoms. The molecular weight excluding hydrogens is 232 g/mol. The summed E-state index contributed by atoms with van der Waals surface area (Å²) < 4.78 is 0. The van der Waals surface area contributed by atoms with Crippen molar-refractivity contribution in [2.45, 2.75) is 20.4 Å². The fourth-order valence-corrected chi connectivity index (χ4v) is 2.39. The average molecular weight is 248 g/mol. The second kappa shape index (κ2) is 4.40. The molecule has 1 amide bonds. The quantitative estimate of drug-likeness (QED) is 0.834. The first kappa shape index (κ1) is 12.5. The van der Waals surface area contributed by atoms with Gasteiger partial charge in [0.2, 0.25) is 5.91 Å². The van der Waals surface area contributed by atoms with Gasteiger partial charge in [-0.25, -0.2) is 0 Å². The van der Waals surface area contributed by atoms with E-state index in [2.05, 4.69) is 10.3 Å². The first-order valence-electron chi connectivity index (χ1n) is 5.84. The number of rotatable bonds is 4. The van der Waals surface area contributed by atoms with Gasteiger partial charge in [-0.3, -0.25) is 14.6 Å². The Balaban J connectivity index is 1.93. The van der Waals surface area contributed by atoms with Crippen LogP contribution in [0.15, 0.2) is 24.5 Å². The zero-order chi connectivity index (χ0) is 13.3. The van der Waals surface area contributed by atoms with Crippen molar-refractivity contribution in [2.75, 3.05) is 0 Å². The van der Waals surface area contributed by atoms with Crippen molar-refractivity contribution < 1.29 is 14.7 Å². The maximum atomic E-state index is 11.9. The van der Waals surface area contributed by atoms with Crippen LogP contribution in [-0.4, -0.2) is 22.0 Å². The van der Waals surface area contributed by atoms with E-state index in [0.717, 1.165) is 5.56 Å². The van der Waals surface area contributed by atoms with Crippen LogP contribution < -0.4 is 5.32 Å². The zero-order valence-electron chi connectivity index (χ0n) is 10.4. The summed E-state index contributed by atoms with van der Waals surface area (Å²) in [6, 6.07) is 3.62. The second-order valence-corrected chi connectivity index (χ2v) is 5.19. The molecule has 1 aliphatic carbocycles. The monoisotopic (exact) mass is 248 g/mol. The van der Waals surface area contributed by atoms with E-state index in [1.165, 1.54) is 0 Å². The SMILES string of the molecule is CC1(C)[C@H](C(=O)O)[C@H]1C(=O)NCc1ccncc1. The summed E-state index contributed by atoms with van der Waals surface area (Å²) in [7, 11) is 0. The van der Waals surface area contributed by atoms with E-state index in [9.17, 15) is 9.59 Å². The summed E-state index contributed by atoms with van der Waals surface area (Å²) in [5, 5.41) is 11.8. The molecule has 1 aromatic heterocycles. The third-order valence-electron chi connectivity index (χ3n) is 3.59. The molecule has 0 aliphatic heterocycles. The van der Waals surface area contributed by atoms with Gasteiger partial charge in [-0.2, -0.15) is 0 Å². The summed E-state index contributed by atoms with van der Waals surface area (Å²) in [5.41, 5.74) is 0.498. The molecule has 1 saturated carbocycles. The summed E-state index contributed by atoms with van der Waals surface area (Å²) in [6.45, 7) is 4.02. The topological polar surface area (TPSA) is 79.3 Å². The number of nitrogens with one attached hydrogen (secondary N) is 1. The Morgan fingerprint density at radius 3 is 2.44 bits per heavy atom. The van der Waals surface area contributed by atoms with Gasteiger partial charge in [-0.1, -0.05) is 13.8 Å². The molecule has 1 heterocycles. The summed E-state index contributed by atoms with van der Waals surface area (Å²) in [6.07, 6.45) is 3.31. The maximum absolute atomic E-state index is 11.9. The van der Waals surface area contributed by atoms with E-state index in [1.807, 2.05) is 26.0 Å². The lowest BCUT2D eigenvalue weighted by molar-refractivity contribution is -0.140. The van der Waals surface area contributed by atoms with E-state index in [4.69, 9.17) is 5.11 Å². The van der Waals surface area contributed by atoms with Crippen molar-refractivity contribution >= 4 is 11.9 Å². The molecule has 5 nitrogen and oxygen atoms in total. The van der Waals surface area contributed by atoms with Gasteiger partial charge in [0, 0.05) is 18.9 Å². The average Bonchev–Trinajstić information content (AvgIpc) is 2.91. The van der Waals surface area contributed by atoms with Gasteiger partial charge in [0.15, 0.2) is 0 Å². The van der Waals surface area contributed by atoms with Crippen molar-refractivity contribution in [3.05, 3.63) is 30.1 Å². The van der Waals surface area contributed by atoms with Gasteiger partial charge in [0.1, 0.15) is 0 Å². The number of aromatic nitrogens is 1. The summed E-state index contributed by atoms with van der Waals surface area (Å²) in [5.74, 6) is -2.10. The Bertz CT molecular complexity index is 470. The van der Waals surface area contributed by atoms with Crippen LogP contribution in [-0.2, 0) is 16.1 Å². The molecule has 0 unspecified atom stereocenters. The minimum Gasteiger partial charge on any atom is -0.481 e. The number of nitrogens with zero attached hydrogens (tertiary/aromatic N) is 1. The largest absolute Gasteiger partial charge is 0.481 e. The predicted molar refractivity (Wildman–Crippen MR) is 64.5 cm³/mol. The number of hydrogen-bond donors (Lipinski definition) is 2. The second-order valence-electron chi connectivity index (χ2n) is 5.19. The molecule has 1 aromatic rings. The third kappa shape index (κ3) is 2.20. The first-order valence-corrected chi connectivity index (χ1v) is 5.84. The van der Waals surface area contributed by atoms with Gasteiger partial charge in [0.05, 0.1) is 11.8 Å². The summed E-state index contributed by atoms with van der Waals surface area (Å²) >= 11 is 0. The Kier molecular flexibility index (Phi) is 3.07. The number of carbonyl (C=O) groups is 2. The highest BCUT2D eigenvalue weighted by molar-refractivity contribution is 5.91. The molecule has 1 aliphatic rings. The van der Waals surface area contributed by atoms with Crippen molar-refractivity contribution in [2.24, 2.45) is 17.3 Å². The normalized spacial score (nSPS) is 24.3. The van der Waals surface area contributed by atoms with Gasteiger partial charge in [-0.15, -0.1) is 0 Å². The molecule has 1 fully saturated rings. The Labute approximate surface area is 105 Å². The van der Waals surface area contributed by atoms with Crippen LogP contribution in [0.1, 0.15) is 19.4 Å². The fraction of sp³-hybridized carbons (Fsp3) is 0.462. The molecule has 2 atom stereocenters. The van der Waals surface area contributed by atoms with E-state index in [0.29, 0.717) is 6.54 Å². The molecule has 2 N–H and O–H groups in total. The number of aliphatic carboxylic acids is 1. The lowest BCUT2D eigenvalue weighted by Crippen LogP contribution is -2.26. The maximum Gasteiger partial charge on any atom is 0.307 e. The molecule has 18 heavy (non-hydrogen) atoms. The van der Waals surface area contributed by atoms with Crippen LogP contribution in [0.4, 0.5) is 0 Å². The molecule has 0 radical (unpaired) electrons. The van der Waals surface area contributed by atoms with Gasteiger partial charge in [-0.05, 0) is 23.1 Å². The van der Waals surface area contributed by atoms with Gasteiger partial charge < -0.3 is 10.4 Å². The molecular formula is C13H16N2O3. The standard InChI is InChI=1S/C13H16N2O3/c1-13(2)9(10(13)12(17)18)11(16)15-7-8-3-5-14-6-4-8/h3-6,9-10H,7H2,1-2H3,(H,15,16)(H,17,18)/t9-,10-/m0/s1. The number of carbonyl (C=O) groups excluding carboxylic acids is 1. The van der Waals surface area contributed by atoms with Crippen molar-refractivity contribution in [1.29, 1.82) is 0 Å². The minimum absolute atomic E-state index is 0.191. The van der Waals surface area contributed by atoms with E-state index < -0.39 is 23.2 Å². The van der Waals surface area contributed by atoms with Gasteiger partial charge in [0.25, 0.3) is 0 Å². The zero-order valence-corrected chi connectivity index (χ0v) is 10.4. The predicted octanol–water partition coefficient (Wildman–Crippen LogP) is 1.05. The number of carboxylic acids is 1. The minimum atomic E-state index is -0.899. The molecule has 0 aromatic carbocycles. The Morgan fingerprint density at radius 1 is 1.33 bits per heavy atom. The van der Waals surface area contributed by atoms with Crippen LogP contribution in [0.3, 0.4) is 0 Å². The Morgan fingerprint density at radius 2 is 1.94 bits per heavy atom. The molecule has 2 rings (SSSR count). The number of pyridine rings is 1. The highest BCUT2D eigenvalue weighted by atomic mass is 16.4. The van der Waals surface area contributed by atoms with Crippen LogP contribution in [0, 0.1) is 17.3 Å². The third-order valence-corrected chi connectivity index (χ3v) is 3.59. The van der Waals surface area contributed by atoms with Crippen LogP contribution >= 0.6 is 0 Å². The molecule has 96 valence electrons. The van der Waals surface area contributed by atoms with E-state index in [1.54, 1.807) is 12.4 Å². The van der Waals surface area contributed by atoms with Crippen molar-refractivity contribution in [1.82, 2.24) is 10.3 Å². The fourth-order valence-electron chi connectivity index (χ4n) is 2.39. The molecule has 5 heteroatoms. The van der Waals surface area contributed by atoms with Crippen molar-refractivity contribution in [3.63, 3.8) is 0 Å². The smallest absolute Gasteiger partial charge is 0.307 e. The van der Waals surface area contributed by atoms with E-state index >= 15 is 0 Å². The highest BCUT2D eigenvalue weighted by Gasteiger charge is 2.65. The molecule has 0 spiro atoms. The lowest BCUT2D eigenvalue weighted by Gasteiger charge is -2.05. The van der Waals surface area contributed by atoms with E-state index in [-0.39, 0.29) is 5.91 Å². The summed E-state index contributed by atoms with van der Waals surface area (Å²) in [4.78, 5) is 26.8. The first-order chi connectivity index (χ1) is 8.44. The Hall–Kier alpha value is -1.91. The number of carboxylic acid groups (broad SMARTS) is 1. The van der Waals surface area contributed by atoms with Crippen LogP contribution in [0.25, 0.3) is 0 Å². The highest BCUT2D eigenvalue weighted by Crippen LogP contribution is 2.58. The van der Waals surface area contributed by atoms with Crippen LogP contribution in [0.2, 0.25) is 0 Å². The number of hydrogen-bond acceptors (Lipinski definition) is 3. The molecule has 0 saturated heterocycles. The van der Waals surface area contributed by atoms with Crippen molar-refractivity contribution in [3.8, 4) is 0 Å². The van der Waals surface area contributed by atoms with Crippen LogP contribution in [0.5, 0.6) is 0 Å². The lowest BCUT2D eigenvalue weighted by atomic mass is 10.1.